The van der Waals surface area contributed by atoms with Crippen molar-refractivity contribution in [3.8, 4) is 17.0 Å². The number of aromatic hydroxyl groups is 1. The smallest absolute Gasteiger partial charge is 0.255 e. The normalized spacial score (nSPS) is 11.8. The van der Waals surface area contributed by atoms with Gasteiger partial charge in [-0.2, -0.15) is 0 Å². The van der Waals surface area contributed by atoms with Gasteiger partial charge < -0.3 is 15.5 Å². The number of nitrogens with zero attached hydrogens (tertiary/aromatic N) is 2. The van der Waals surface area contributed by atoms with Gasteiger partial charge in [-0.15, -0.1) is 0 Å². The zero-order chi connectivity index (χ0) is 18.5. The van der Waals surface area contributed by atoms with E-state index in [1.54, 1.807) is 19.1 Å². The number of aliphatic hydroxyl groups excluding tert-OH is 1. The van der Waals surface area contributed by atoms with Crippen molar-refractivity contribution in [2.75, 3.05) is 6.54 Å². The maximum absolute atomic E-state index is 12.6. The summed E-state index contributed by atoms with van der Waals surface area (Å²) in [4.78, 5) is 21.1. The molecule has 2 aromatic carbocycles. The molecule has 132 valence electrons. The molecule has 3 rings (SSSR count). The van der Waals surface area contributed by atoms with Gasteiger partial charge in [0.15, 0.2) is 0 Å². The third-order valence-electron chi connectivity index (χ3n) is 3.93. The van der Waals surface area contributed by atoms with Gasteiger partial charge in [0.05, 0.1) is 17.4 Å². The third-order valence-corrected chi connectivity index (χ3v) is 3.93. The molecule has 3 aromatic rings. The molecule has 0 saturated carbocycles. The van der Waals surface area contributed by atoms with Gasteiger partial charge in [0, 0.05) is 18.3 Å². The first-order valence-electron chi connectivity index (χ1n) is 8.19. The second-order valence-corrected chi connectivity index (χ2v) is 5.86. The van der Waals surface area contributed by atoms with E-state index >= 15 is 0 Å². The minimum atomic E-state index is -0.883. The van der Waals surface area contributed by atoms with Gasteiger partial charge in [0.25, 0.3) is 5.91 Å². The van der Waals surface area contributed by atoms with Crippen molar-refractivity contribution in [2.45, 2.75) is 13.0 Å². The Labute approximate surface area is 151 Å². The first-order valence-corrected chi connectivity index (χ1v) is 8.19. The second-order valence-electron chi connectivity index (χ2n) is 5.86. The Bertz CT molecular complexity index is 896. The highest BCUT2D eigenvalue weighted by Gasteiger charge is 2.17. The average molecular weight is 349 g/mol. The monoisotopic (exact) mass is 349 g/mol. The number of hydrogen-bond donors (Lipinski definition) is 3. The molecule has 0 saturated heterocycles. The highest BCUT2D eigenvalue weighted by Crippen LogP contribution is 2.21. The molecule has 0 aliphatic rings. The summed E-state index contributed by atoms with van der Waals surface area (Å²) >= 11 is 0. The number of benzene rings is 2. The molecule has 26 heavy (non-hydrogen) atoms. The van der Waals surface area contributed by atoms with Crippen LogP contribution in [0.2, 0.25) is 0 Å². The van der Waals surface area contributed by atoms with E-state index < -0.39 is 6.10 Å². The number of aromatic nitrogens is 2. The number of carbonyl (C=O) groups excluding carboxylic acids is 1. The lowest BCUT2D eigenvalue weighted by Gasteiger charge is -2.14. The lowest BCUT2D eigenvalue weighted by molar-refractivity contribution is 0.0916. The molecule has 1 aromatic heterocycles. The van der Waals surface area contributed by atoms with E-state index in [-0.39, 0.29) is 18.2 Å². The fourth-order valence-electron chi connectivity index (χ4n) is 2.55. The summed E-state index contributed by atoms with van der Waals surface area (Å²) in [5.74, 6) is 0.334. The summed E-state index contributed by atoms with van der Waals surface area (Å²) in [5, 5.41) is 22.2. The molecule has 1 atom stereocenters. The molecule has 0 radical (unpaired) electrons. The van der Waals surface area contributed by atoms with Gasteiger partial charge in [-0.05, 0) is 24.6 Å². The van der Waals surface area contributed by atoms with Crippen LogP contribution >= 0.6 is 0 Å². The SMILES string of the molecule is Cc1ncc(C(=O)NC[C@@H](O)c2ccc(O)cc2)c(-c2ccccc2)n1. The Balaban J connectivity index is 1.77. The minimum absolute atomic E-state index is 0.0334. The maximum Gasteiger partial charge on any atom is 0.255 e. The van der Waals surface area contributed by atoms with E-state index in [0.717, 1.165) is 5.56 Å². The Morgan fingerprint density at radius 2 is 1.81 bits per heavy atom. The summed E-state index contributed by atoms with van der Waals surface area (Å²) in [6.07, 6.45) is 0.610. The van der Waals surface area contributed by atoms with Crippen LogP contribution in [-0.2, 0) is 0 Å². The molecule has 0 fully saturated rings. The molecule has 1 heterocycles. The Kier molecular flexibility index (Phi) is 5.24. The first kappa shape index (κ1) is 17.6. The largest absolute Gasteiger partial charge is 0.508 e. The molecule has 0 unspecified atom stereocenters. The van der Waals surface area contributed by atoms with Crippen LogP contribution in [0.4, 0.5) is 0 Å². The Hall–Kier alpha value is -3.25. The molecule has 6 heteroatoms. The Morgan fingerprint density at radius 3 is 2.50 bits per heavy atom. The van der Waals surface area contributed by atoms with Crippen molar-refractivity contribution in [1.29, 1.82) is 0 Å². The number of phenolic OH excluding ortho intramolecular Hbond substituents is 1. The minimum Gasteiger partial charge on any atom is -0.508 e. The van der Waals surface area contributed by atoms with Crippen molar-refractivity contribution in [2.24, 2.45) is 0 Å². The van der Waals surface area contributed by atoms with Gasteiger partial charge >= 0.3 is 0 Å². The predicted octanol–water partition coefficient (Wildman–Crippen LogP) is 2.62. The zero-order valence-corrected chi connectivity index (χ0v) is 14.3. The van der Waals surface area contributed by atoms with Crippen molar-refractivity contribution < 1.29 is 15.0 Å². The zero-order valence-electron chi connectivity index (χ0n) is 14.3. The highest BCUT2D eigenvalue weighted by atomic mass is 16.3. The van der Waals surface area contributed by atoms with Gasteiger partial charge in [-0.25, -0.2) is 9.97 Å². The summed E-state index contributed by atoms with van der Waals surface area (Å²) in [6.45, 7) is 1.80. The van der Waals surface area contributed by atoms with Crippen LogP contribution in [-0.4, -0.2) is 32.6 Å². The lowest BCUT2D eigenvalue weighted by Crippen LogP contribution is -2.29. The van der Waals surface area contributed by atoms with Crippen LogP contribution in [0.25, 0.3) is 11.3 Å². The summed E-state index contributed by atoms with van der Waals surface area (Å²) < 4.78 is 0. The van der Waals surface area contributed by atoms with Crippen LogP contribution in [0.3, 0.4) is 0 Å². The number of amides is 1. The second kappa shape index (κ2) is 7.76. The number of rotatable bonds is 5. The van der Waals surface area contributed by atoms with E-state index in [9.17, 15) is 15.0 Å². The van der Waals surface area contributed by atoms with Gasteiger partial charge in [0.2, 0.25) is 0 Å². The summed E-state index contributed by atoms with van der Waals surface area (Å²) in [7, 11) is 0. The molecular formula is C20H19N3O3. The molecule has 3 N–H and O–H groups in total. The van der Waals surface area contributed by atoms with Crippen molar-refractivity contribution in [3.05, 3.63) is 77.7 Å². The molecule has 0 bridgehead atoms. The number of phenols is 1. The van der Waals surface area contributed by atoms with Crippen molar-refractivity contribution in [1.82, 2.24) is 15.3 Å². The lowest BCUT2D eigenvalue weighted by atomic mass is 10.1. The Morgan fingerprint density at radius 1 is 1.12 bits per heavy atom. The van der Waals surface area contributed by atoms with Crippen LogP contribution in [0.15, 0.2) is 60.8 Å². The van der Waals surface area contributed by atoms with E-state index in [1.165, 1.54) is 18.3 Å². The van der Waals surface area contributed by atoms with E-state index in [4.69, 9.17) is 0 Å². The van der Waals surface area contributed by atoms with E-state index in [1.807, 2.05) is 30.3 Å². The van der Waals surface area contributed by atoms with Crippen LogP contribution in [0, 0.1) is 6.92 Å². The molecule has 6 nitrogen and oxygen atoms in total. The molecule has 1 amide bonds. The number of carbonyl (C=O) groups is 1. The predicted molar refractivity (Wildman–Crippen MR) is 97.6 cm³/mol. The third kappa shape index (κ3) is 4.04. The van der Waals surface area contributed by atoms with Gasteiger partial charge in [-0.1, -0.05) is 42.5 Å². The standard InChI is InChI=1S/C20H19N3O3/c1-13-21-11-17(19(23-13)15-5-3-2-4-6-15)20(26)22-12-18(25)14-7-9-16(24)10-8-14/h2-11,18,24-25H,12H2,1H3,(H,22,26)/t18-/m1/s1. The number of aryl methyl sites for hydroxylation is 1. The summed E-state index contributed by atoms with van der Waals surface area (Å²) in [5.41, 5.74) is 2.32. The molecule has 0 aliphatic carbocycles. The molecule has 0 spiro atoms. The van der Waals surface area contributed by atoms with Crippen molar-refractivity contribution in [3.63, 3.8) is 0 Å². The molecular weight excluding hydrogens is 330 g/mol. The summed E-state index contributed by atoms with van der Waals surface area (Å²) in [6, 6.07) is 15.6. The maximum atomic E-state index is 12.6. The number of aliphatic hydroxyl groups is 1. The van der Waals surface area contributed by atoms with Gasteiger partial charge in [0.1, 0.15) is 11.6 Å². The average Bonchev–Trinajstić information content (AvgIpc) is 2.67. The topological polar surface area (TPSA) is 95.3 Å². The fourth-order valence-corrected chi connectivity index (χ4v) is 2.55. The molecule has 0 aliphatic heterocycles. The van der Waals surface area contributed by atoms with E-state index in [2.05, 4.69) is 15.3 Å². The van der Waals surface area contributed by atoms with Crippen LogP contribution in [0.5, 0.6) is 5.75 Å². The quantitative estimate of drug-likeness (QED) is 0.658. The highest BCUT2D eigenvalue weighted by molar-refractivity contribution is 5.99. The van der Waals surface area contributed by atoms with Crippen LogP contribution < -0.4 is 5.32 Å². The number of nitrogens with one attached hydrogen (secondary N) is 1. The number of hydrogen-bond acceptors (Lipinski definition) is 5. The van der Waals surface area contributed by atoms with Crippen molar-refractivity contribution >= 4 is 5.91 Å². The fraction of sp³-hybridized carbons (Fsp3) is 0.150. The van der Waals surface area contributed by atoms with Crippen LogP contribution in [0.1, 0.15) is 27.8 Å². The first-order chi connectivity index (χ1) is 12.5. The van der Waals surface area contributed by atoms with Gasteiger partial charge in [-0.3, -0.25) is 4.79 Å². The van der Waals surface area contributed by atoms with E-state index in [0.29, 0.717) is 22.6 Å².